The van der Waals surface area contributed by atoms with Gasteiger partial charge in [-0.2, -0.15) is 0 Å². The van der Waals surface area contributed by atoms with Crippen LogP contribution in [0, 0.1) is 46.3 Å². The lowest BCUT2D eigenvalue weighted by Crippen LogP contribution is -2.54. The van der Waals surface area contributed by atoms with Crippen LogP contribution in [0.1, 0.15) is 110 Å². The first kappa shape index (κ1) is 30.1. The maximum Gasteiger partial charge on any atom is 0.306 e. The quantitative estimate of drug-likeness (QED) is 0.294. The molecular formula is C35H50O6. The van der Waals surface area contributed by atoms with Crippen LogP contribution < -0.4 is 0 Å². The zero-order chi connectivity index (χ0) is 29.2. The summed E-state index contributed by atoms with van der Waals surface area (Å²) in [7, 11) is 0. The van der Waals surface area contributed by atoms with E-state index in [1.807, 2.05) is 30.3 Å². The predicted octanol–water partition coefficient (Wildman–Crippen LogP) is 7.58. The maximum atomic E-state index is 12.5. The largest absolute Gasteiger partial charge is 0.481 e. The standard InChI is InChI=1S/C35H50O6/c1-23(9-15-32(38)40-22-24-7-5-4-6-8-24)28-12-13-29-27-11-10-25-21-26(41-33(39)16-14-31(36)37)17-19-34(25,2)30(27)18-20-35(28,29)3/h4-8,23,25-30H,9-22H2,1-3H3,(H,36,37)/t23-,25-,26+,27+,28-,29+,30+,34+,35-/m1/s1. The fourth-order valence-electron chi connectivity index (χ4n) is 10.1. The minimum atomic E-state index is -0.953. The van der Waals surface area contributed by atoms with E-state index >= 15 is 0 Å². The summed E-state index contributed by atoms with van der Waals surface area (Å²) in [5.74, 6) is 2.65. The van der Waals surface area contributed by atoms with Gasteiger partial charge in [0.1, 0.15) is 12.7 Å². The number of ether oxygens (including phenoxy) is 2. The zero-order valence-corrected chi connectivity index (χ0v) is 25.3. The molecule has 0 bridgehead atoms. The van der Waals surface area contributed by atoms with Crippen molar-refractivity contribution in [1.29, 1.82) is 0 Å². The summed E-state index contributed by atoms with van der Waals surface area (Å²) in [5, 5.41) is 8.87. The summed E-state index contributed by atoms with van der Waals surface area (Å²) in [4.78, 5) is 35.5. The Bertz CT molecular complexity index is 1090. The van der Waals surface area contributed by atoms with Gasteiger partial charge in [-0.3, -0.25) is 14.4 Å². The molecule has 41 heavy (non-hydrogen) atoms. The van der Waals surface area contributed by atoms with Crippen molar-refractivity contribution in [1.82, 2.24) is 0 Å². The van der Waals surface area contributed by atoms with Gasteiger partial charge in [0, 0.05) is 6.42 Å². The minimum absolute atomic E-state index is 0.0345. The van der Waals surface area contributed by atoms with Crippen molar-refractivity contribution in [3.8, 4) is 0 Å². The van der Waals surface area contributed by atoms with Gasteiger partial charge in [-0.15, -0.1) is 0 Å². The number of carbonyl (C=O) groups is 3. The molecule has 4 fully saturated rings. The Labute approximate surface area is 245 Å². The normalized spacial score (nSPS) is 36.8. The van der Waals surface area contributed by atoms with Gasteiger partial charge in [-0.25, -0.2) is 0 Å². The summed E-state index contributed by atoms with van der Waals surface area (Å²) in [6.07, 6.45) is 11.7. The molecule has 0 radical (unpaired) electrons. The second kappa shape index (κ2) is 12.5. The second-order valence-electron chi connectivity index (χ2n) is 14.3. The van der Waals surface area contributed by atoms with Crippen LogP contribution in [0.25, 0.3) is 0 Å². The maximum absolute atomic E-state index is 12.5. The number of carboxylic acids is 1. The lowest BCUT2D eigenvalue weighted by atomic mass is 9.44. The summed E-state index contributed by atoms with van der Waals surface area (Å²) in [6, 6.07) is 9.90. The van der Waals surface area contributed by atoms with E-state index in [9.17, 15) is 14.4 Å². The predicted molar refractivity (Wildman–Crippen MR) is 157 cm³/mol. The lowest BCUT2D eigenvalue weighted by Gasteiger charge is -2.61. The van der Waals surface area contributed by atoms with Crippen molar-refractivity contribution in [3.05, 3.63) is 35.9 Å². The van der Waals surface area contributed by atoms with Gasteiger partial charge < -0.3 is 14.6 Å². The fourth-order valence-corrected chi connectivity index (χ4v) is 10.1. The SMILES string of the molecule is C[C@H](CCC(=O)OCc1ccccc1)[C@H]1CC[C@H]2[C@@H]3CC[C@@H]4C[C@@H](OC(=O)CCC(=O)O)CC[C@]4(C)[C@H]3CC[C@]12C. The molecule has 6 heteroatoms. The molecule has 1 aromatic carbocycles. The second-order valence-corrected chi connectivity index (χ2v) is 14.3. The van der Waals surface area contributed by atoms with Gasteiger partial charge >= 0.3 is 17.9 Å². The van der Waals surface area contributed by atoms with E-state index in [0.717, 1.165) is 49.0 Å². The van der Waals surface area contributed by atoms with Crippen molar-refractivity contribution >= 4 is 17.9 Å². The molecular weight excluding hydrogens is 516 g/mol. The molecule has 0 aliphatic heterocycles. The highest BCUT2D eigenvalue weighted by Crippen LogP contribution is 2.68. The van der Waals surface area contributed by atoms with E-state index in [-0.39, 0.29) is 30.9 Å². The molecule has 226 valence electrons. The van der Waals surface area contributed by atoms with Crippen LogP contribution >= 0.6 is 0 Å². The molecule has 4 aliphatic carbocycles. The molecule has 9 atom stereocenters. The van der Waals surface area contributed by atoms with Crippen LogP contribution in [0.2, 0.25) is 0 Å². The smallest absolute Gasteiger partial charge is 0.306 e. The summed E-state index contributed by atoms with van der Waals surface area (Å²) in [6.45, 7) is 7.81. The van der Waals surface area contributed by atoms with Crippen LogP contribution in [0.5, 0.6) is 0 Å². The first-order valence-corrected chi connectivity index (χ1v) is 16.2. The zero-order valence-electron chi connectivity index (χ0n) is 25.3. The number of carboxylic acid groups (broad SMARTS) is 1. The number of aliphatic carboxylic acids is 1. The third kappa shape index (κ3) is 6.37. The molecule has 0 amide bonds. The Morgan fingerprint density at radius 2 is 1.61 bits per heavy atom. The molecule has 0 aromatic heterocycles. The summed E-state index contributed by atoms with van der Waals surface area (Å²) < 4.78 is 11.3. The number of rotatable bonds is 10. The molecule has 1 aromatic rings. The Kier molecular flexibility index (Phi) is 9.16. The number of esters is 2. The Balaban J connectivity index is 1.14. The average molecular weight is 567 g/mol. The highest BCUT2D eigenvalue weighted by Gasteiger charge is 2.60. The van der Waals surface area contributed by atoms with Gasteiger partial charge in [0.25, 0.3) is 0 Å². The topological polar surface area (TPSA) is 89.9 Å². The van der Waals surface area contributed by atoms with E-state index in [1.54, 1.807) is 0 Å². The summed E-state index contributed by atoms with van der Waals surface area (Å²) >= 11 is 0. The van der Waals surface area contributed by atoms with Crippen LogP contribution in [-0.4, -0.2) is 29.1 Å². The minimum Gasteiger partial charge on any atom is -0.481 e. The van der Waals surface area contributed by atoms with Crippen molar-refractivity contribution < 1.29 is 29.0 Å². The average Bonchev–Trinajstić information content (AvgIpc) is 3.32. The molecule has 1 N–H and O–H groups in total. The lowest BCUT2D eigenvalue weighted by molar-refractivity contribution is -0.164. The van der Waals surface area contributed by atoms with Gasteiger partial charge in [0.15, 0.2) is 0 Å². The monoisotopic (exact) mass is 566 g/mol. The molecule has 0 heterocycles. The number of benzene rings is 1. The van der Waals surface area contributed by atoms with E-state index in [0.29, 0.717) is 41.6 Å². The van der Waals surface area contributed by atoms with E-state index in [4.69, 9.17) is 14.6 Å². The molecule has 6 nitrogen and oxygen atoms in total. The van der Waals surface area contributed by atoms with Crippen molar-refractivity contribution in [2.24, 2.45) is 46.3 Å². The van der Waals surface area contributed by atoms with E-state index in [2.05, 4.69) is 20.8 Å². The van der Waals surface area contributed by atoms with Gasteiger partial charge in [-0.1, -0.05) is 51.1 Å². The third-order valence-electron chi connectivity index (χ3n) is 12.3. The summed E-state index contributed by atoms with van der Waals surface area (Å²) in [5.41, 5.74) is 1.69. The van der Waals surface area contributed by atoms with Crippen molar-refractivity contribution in [3.63, 3.8) is 0 Å². The molecule has 4 saturated carbocycles. The van der Waals surface area contributed by atoms with Crippen LogP contribution in [0.3, 0.4) is 0 Å². The fraction of sp³-hybridized carbons (Fsp3) is 0.743. The Morgan fingerprint density at radius 3 is 2.37 bits per heavy atom. The van der Waals surface area contributed by atoms with E-state index in [1.165, 1.54) is 38.5 Å². The molecule has 0 saturated heterocycles. The van der Waals surface area contributed by atoms with Gasteiger partial charge in [0.2, 0.25) is 0 Å². The van der Waals surface area contributed by atoms with Gasteiger partial charge in [0.05, 0.1) is 12.8 Å². The number of hydrogen-bond acceptors (Lipinski definition) is 5. The van der Waals surface area contributed by atoms with Crippen LogP contribution in [0.4, 0.5) is 0 Å². The van der Waals surface area contributed by atoms with Gasteiger partial charge in [-0.05, 0) is 116 Å². The number of fused-ring (bicyclic) bond motifs is 5. The molecule has 0 spiro atoms. The molecule has 0 unspecified atom stereocenters. The molecule has 4 aliphatic rings. The number of hydrogen-bond donors (Lipinski definition) is 1. The molecule has 5 rings (SSSR count). The highest BCUT2D eigenvalue weighted by molar-refractivity contribution is 5.76. The Hall–Kier alpha value is -2.37. The third-order valence-corrected chi connectivity index (χ3v) is 12.3. The van der Waals surface area contributed by atoms with Crippen molar-refractivity contribution in [2.75, 3.05) is 0 Å². The van der Waals surface area contributed by atoms with Crippen molar-refractivity contribution in [2.45, 2.75) is 117 Å². The highest BCUT2D eigenvalue weighted by atomic mass is 16.5. The first-order chi connectivity index (χ1) is 19.6. The number of carbonyl (C=O) groups excluding carboxylic acids is 2. The Morgan fingerprint density at radius 1 is 0.878 bits per heavy atom. The van der Waals surface area contributed by atoms with Crippen LogP contribution in [0.15, 0.2) is 30.3 Å². The first-order valence-electron chi connectivity index (χ1n) is 16.2. The van der Waals surface area contributed by atoms with E-state index < -0.39 is 5.97 Å². The van der Waals surface area contributed by atoms with Crippen LogP contribution in [-0.2, 0) is 30.5 Å².